The normalized spacial score (nSPS) is 21.0. The molecule has 1 fully saturated rings. The summed E-state index contributed by atoms with van der Waals surface area (Å²) in [5.74, 6) is -1.16. The number of halogens is 2. The van der Waals surface area contributed by atoms with E-state index in [1.807, 2.05) is 13.8 Å². The van der Waals surface area contributed by atoms with Gasteiger partial charge in [0.1, 0.15) is 5.76 Å². The Morgan fingerprint density at radius 2 is 1.94 bits per heavy atom. The third-order valence-corrected chi connectivity index (χ3v) is 3.45. The second-order valence-corrected chi connectivity index (χ2v) is 5.13. The third kappa shape index (κ3) is 2.42. The van der Waals surface area contributed by atoms with Crippen molar-refractivity contribution in [2.75, 3.05) is 5.73 Å². The highest BCUT2D eigenvalue weighted by molar-refractivity contribution is 5.44. The highest BCUT2D eigenvalue weighted by atomic mass is 19.3. The van der Waals surface area contributed by atoms with Crippen LogP contribution >= 0.6 is 0 Å². The zero-order valence-electron chi connectivity index (χ0n) is 10.2. The number of nitrogen functional groups attached to an aromatic ring is 1. The van der Waals surface area contributed by atoms with Gasteiger partial charge in [0.05, 0.1) is 0 Å². The van der Waals surface area contributed by atoms with Crippen molar-refractivity contribution in [1.29, 1.82) is 0 Å². The average molecular weight is 244 g/mol. The zero-order valence-corrected chi connectivity index (χ0v) is 10.2. The average Bonchev–Trinajstić information content (AvgIpc) is 2.60. The summed E-state index contributed by atoms with van der Waals surface area (Å²) in [6, 6.07) is 0. The first kappa shape index (κ1) is 12.3. The minimum Gasteiger partial charge on any atom is -0.381 e. The van der Waals surface area contributed by atoms with Crippen LogP contribution < -0.4 is 5.73 Å². The Morgan fingerprint density at radius 3 is 2.47 bits per heavy atom. The fourth-order valence-corrected chi connectivity index (χ4v) is 2.50. The molecule has 0 radical (unpaired) electrons. The van der Waals surface area contributed by atoms with Gasteiger partial charge >= 0.3 is 0 Å². The van der Waals surface area contributed by atoms with Crippen molar-refractivity contribution in [2.45, 2.75) is 57.3 Å². The summed E-state index contributed by atoms with van der Waals surface area (Å²) in [6.07, 6.45) is 0.744. The SMILES string of the molecule is CC(C)c1c(N)noc1C1CCC(F)(F)CC1. The van der Waals surface area contributed by atoms with Gasteiger partial charge in [-0.2, -0.15) is 0 Å². The van der Waals surface area contributed by atoms with Crippen LogP contribution in [0, 0.1) is 0 Å². The fraction of sp³-hybridized carbons (Fsp3) is 0.750. The smallest absolute Gasteiger partial charge is 0.248 e. The van der Waals surface area contributed by atoms with Crippen molar-refractivity contribution >= 4 is 5.82 Å². The molecule has 1 aromatic heterocycles. The largest absolute Gasteiger partial charge is 0.381 e. The lowest BCUT2D eigenvalue weighted by molar-refractivity contribution is -0.0399. The van der Waals surface area contributed by atoms with Crippen LogP contribution in [0.15, 0.2) is 4.52 Å². The van der Waals surface area contributed by atoms with Gasteiger partial charge in [0, 0.05) is 24.3 Å². The van der Waals surface area contributed by atoms with Crippen LogP contribution in [-0.4, -0.2) is 11.1 Å². The molecule has 0 amide bonds. The molecule has 3 nitrogen and oxygen atoms in total. The highest BCUT2D eigenvalue weighted by Gasteiger charge is 2.38. The molecule has 2 rings (SSSR count). The Kier molecular flexibility index (Phi) is 3.10. The topological polar surface area (TPSA) is 52.0 Å². The van der Waals surface area contributed by atoms with Crippen molar-refractivity contribution in [3.63, 3.8) is 0 Å². The predicted molar refractivity (Wildman–Crippen MR) is 61.2 cm³/mol. The van der Waals surface area contributed by atoms with Gasteiger partial charge in [-0.15, -0.1) is 0 Å². The first-order valence-corrected chi connectivity index (χ1v) is 6.03. The second-order valence-electron chi connectivity index (χ2n) is 5.13. The van der Waals surface area contributed by atoms with Gasteiger partial charge in [0.2, 0.25) is 5.92 Å². The summed E-state index contributed by atoms with van der Waals surface area (Å²) < 4.78 is 31.4. The lowest BCUT2D eigenvalue weighted by atomic mass is 9.82. The minimum atomic E-state index is -2.51. The van der Waals surface area contributed by atoms with Gasteiger partial charge in [0.25, 0.3) is 0 Å². The molecule has 0 spiro atoms. The van der Waals surface area contributed by atoms with E-state index in [-0.39, 0.29) is 24.7 Å². The van der Waals surface area contributed by atoms with Crippen LogP contribution in [0.3, 0.4) is 0 Å². The molecule has 0 bridgehead atoms. The zero-order chi connectivity index (χ0) is 12.6. The molecular formula is C12H18F2N2O. The third-order valence-electron chi connectivity index (χ3n) is 3.45. The van der Waals surface area contributed by atoms with Crippen LogP contribution in [0.25, 0.3) is 0 Å². The molecule has 96 valence electrons. The second kappa shape index (κ2) is 4.27. The number of alkyl halides is 2. The molecular weight excluding hydrogens is 226 g/mol. The fourth-order valence-electron chi connectivity index (χ4n) is 2.50. The number of hydrogen-bond donors (Lipinski definition) is 1. The van der Waals surface area contributed by atoms with Crippen molar-refractivity contribution in [3.05, 3.63) is 11.3 Å². The monoisotopic (exact) mass is 244 g/mol. The van der Waals surface area contributed by atoms with Gasteiger partial charge in [-0.1, -0.05) is 19.0 Å². The van der Waals surface area contributed by atoms with Gasteiger partial charge in [-0.3, -0.25) is 0 Å². The van der Waals surface area contributed by atoms with Gasteiger partial charge in [0.15, 0.2) is 5.82 Å². The van der Waals surface area contributed by atoms with Crippen LogP contribution in [0.1, 0.15) is 62.7 Å². The van der Waals surface area contributed by atoms with Crippen LogP contribution in [0.5, 0.6) is 0 Å². The van der Waals surface area contributed by atoms with E-state index in [0.717, 1.165) is 5.56 Å². The van der Waals surface area contributed by atoms with E-state index in [9.17, 15) is 8.78 Å². The van der Waals surface area contributed by atoms with Crippen LogP contribution in [0.2, 0.25) is 0 Å². The van der Waals surface area contributed by atoms with Crippen LogP contribution in [0.4, 0.5) is 14.6 Å². The van der Waals surface area contributed by atoms with Gasteiger partial charge in [-0.05, 0) is 18.8 Å². The molecule has 2 N–H and O–H groups in total. The number of nitrogens with two attached hydrogens (primary N) is 1. The highest BCUT2D eigenvalue weighted by Crippen LogP contribution is 2.43. The van der Waals surface area contributed by atoms with E-state index >= 15 is 0 Å². The molecule has 0 atom stereocenters. The first-order chi connectivity index (χ1) is 7.91. The quantitative estimate of drug-likeness (QED) is 0.863. The number of rotatable bonds is 2. The van der Waals surface area contributed by atoms with E-state index in [1.165, 1.54) is 0 Å². The summed E-state index contributed by atoms with van der Waals surface area (Å²) in [5, 5.41) is 3.76. The standard InChI is InChI=1S/C12H18F2N2O/c1-7(2)9-10(17-16-11(9)15)8-3-5-12(13,14)6-4-8/h7-8H,3-6H2,1-2H3,(H2,15,16). The molecule has 0 unspecified atom stereocenters. The number of nitrogens with zero attached hydrogens (tertiary/aromatic N) is 1. The van der Waals surface area contributed by atoms with Gasteiger partial charge in [-0.25, -0.2) is 8.78 Å². The number of aromatic nitrogens is 1. The molecule has 0 saturated heterocycles. The van der Waals surface area contributed by atoms with Crippen molar-refractivity contribution in [2.24, 2.45) is 0 Å². The first-order valence-electron chi connectivity index (χ1n) is 6.03. The van der Waals surface area contributed by atoms with Crippen LogP contribution in [-0.2, 0) is 0 Å². The lowest BCUT2D eigenvalue weighted by Crippen LogP contribution is -2.24. The molecule has 0 aliphatic heterocycles. The summed E-state index contributed by atoms with van der Waals surface area (Å²) in [6.45, 7) is 4.01. The Hall–Kier alpha value is -1.13. The molecule has 1 heterocycles. The predicted octanol–water partition coefficient (Wildman–Crippen LogP) is 3.67. The Morgan fingerprint density at radius 1 is 1.35 bits per heavy atom. The Balaban J connectivity index is 2.19. The number of hydrogen-bond acceptors (Lipinski definition) is 3. The van der Waals surface area contributed by atoms with Gasteiger partial charge < -0.3 is 10.3 Å². The van der Waals surface area contributed by atoms with E-state index in [1.54, 1.807) is 0 Å². The maximum atomic E-state index is 13.1. The number of anilines is 1. The Labute approximate surface area is 99.3 Å². The van der Waals surface area contributed by atoms with E-state index in [0.29, 0.717) is 24.4 Å². The minimum absolute atomic E-state index is 0.0387. The summed E-state index contributed by atoms with van der Waals surface area (Å²) in [7, 11) is 0. The summed E-state index contributed by atoms with van der Waals surface area (Å²) in [5.41, 5.74) is 6.64. The van der Waals surface area contributed by atoms with Crippen molar-refractivity contribution in [1.82, 2.24) is 5.16 Å². The summed E-state index contributed by atoms with van der Waals surface area (Å²) in [4.78, 5) is 0. The van der Waals surface area contributed by atoms with Crippen molar-refractivity contribution < 1.29 is 13.3 Å². The lowest BCUT2D eigenvalue weighted by Gasteiger charge is -2.27. The van der Waals surface area contributed by atoms with E-state index in [2.05, 4.69) is 5.16 Å². The van der Waals surface area contributed by atoms with Crippen molar-refractivity contribution in [3.8, 4) is 0 Å². The Bertz CT molecular complexity index is 391. The molecule has 5 heteroatoms. The van der Waals surface area contributed by atoms with E-state index in [4.69, 9.17) is 10.3 Å². The maximum absolute atomic E-state index is 13.1. The molecule has 1 aliphatic carbocycles. The summed E-state index contributed by atoms with van der Waals surface area (Å²) >= 11 is 0. The molecule has 17 heavy (non-hydrogen) atoms. The van der Waals surface area contributed by atoms with E-state index < -0.39 is 5.92 Å². The maximum Gasteiger partial charge on any atom is 0.248 e. The molecule has 0 aromatic carbocycles. The molecule has 1 aliphatic rings. The molecule has 1 saturated carbocycles. The molecule has 1 aromatic rings.